The number of rotatable bonds is 7. The molecule has 0 amide bonds. The number of nitrogens with one attached hydrogen (secondary N) is 1. The molecule has 0 saturated heterocycles. The van der Waals surface area contributed by atoms with Crippen molar-refractivity contribution in [1.29, 1.82) is 0 Å². The van der Waals surface area contributed by atoms with Gasteiger partial charge >= 0.3 is 5.97 Å². The summed E-state index contributed by atoms with van der Waals surface area (Å²) in [4.78, 5) is 12.8. The summed E-state index contributed by atoms with van der Waals surface area (Å²) in [5, 5.41) is 12.0. The van der Waals surface area contributed by atoms with Crippen LogP contribution in [-0.2, 0) is 6.54 Å². The molecule has 0 fully saturated rings. The molecule has 5 heteroatoms. The van der Waals surface area contributed by atoms with Gasteiger partial charge in [-0.25, -0.2) is 4.79 Å². The molecule has 1 rings (SSSR count). The molecule has 1 aromatic heterocycles. The quantitative estimate of drug-likeness (QED) is 0.754. The smallest absolute Gasteiger partial charge is 0.338 e. The third kappa shape index (κ3) is 5.01. The van der Waals surface area contributed by atoms with Crippen LogP contribution in [0.5, 0.6) is 0 Å². The predicted octanol–water partition coefficient (Wildman–Crippen LogP) is 1.41. The van der Waals surface area contributed by atoms with Gasteiger partial charge < -0.3 is 19.7 Å². The predicted molar refractivity (Wildman–Crippen MR) is 65.1 cm³/mol. The van der Waals surface area contributed by atoms with E-state index in [0.717, 1.165) is 13.0 Å². The molecule has 1 aromatic rings. The van der Waals surface area contributed by atoms with Gasteiger partial charge in [-0.2, -0.15) is 0 Å². The van der Waals surface area contributed by atoms with E-state index in [-0.39, 0.29) is 5.56 Å². The van der Waals surface area contributed by atoms with Crippen molar-refractivity contribution >= 4 is 5.97 Å². The van der Waals surface area contributed by atoms with Gasteiger partial charge in [-0.15, -0.1) is 0 Å². The first-order chi connectivity index (χ1) is 7.99. The highest BCUT2D eigenvalue weighted by Crippen LogP contribution is 2.08. The summed E-state index contributed by atoms with van der Waals surface area (Å²) in [6, 6.07) is 1.92. The highest BCUT2D eigenvalue weighted by Gasteiger charge is 2.09. The Morgan fingerprint density at radius 1 is 1.59 bits per heavy atom. The molecule has 2 N–H and O–H groups in total. The fraction of sp³-hybridized carbons (Fsp3) is 0.583. The van der Waals surface area contributed by atoms with Crippen LogP contribution in [0.1, 0.15) is 29.5 Å². The fourth-order valence-corrected chi connectivity index (χ4v) is 1.41. The van der Waals surface area contributed by atoms with Crippen LogP contribution in [0.3, 0.4) is 0 Å². The van der Waals surface area contributed by atoms with Crippen LogP contribution < -0.4 is 5.32 Å². The maximum absolute atomic E-state index is 10.6. The molecule has 0 saturated carbocycles. The SMILES string of the molecule is CC(CCN(C)C)NCc1cc(C(=O)O)co1. The highest BCUT2D eigenvalue weighted by molar-refractivity contribution is 5.87. The molecule has 0 aliphatic heterocycles. The summed E-state index contributed by atoms with van der Waals surface area (Å²) in [6.45, 7) is 3.68. The Balaban J connectivity index is 2.31. The summed E-state index contributed by atoms with van der Waals surface area (Å²) in [7, 11) is 4.08. The van der Waals surface area contributed by atoms with Gasteiger partial charge in [0.2, 0.25) is 0 Å². The average molecular weight is 240 g/mol. The third-order valence-corrected chi connectivity index (χ3v) is 2.53. The van der Waals surface area contributed by atoms with Crippen LogP contribution in [0.15, 0.2) is 16.7 Å². The Morgan fingerprint density at radius 2 is 2.29 bits per heavy atom. The van der Waals surface area contributed by atoms with Crippen LogP contribution in [-0.4, -0.2) is 42.7 Å². The summed E-state index contributed by atoms with van der Waals surface area (Å²) in [5.41, 5.74) is 0.197. The molecule has 1 atom stereocenters. The van der Waals surface area contributed by atoms with E-state index in [9.17, 15) is 4.79 Å². The van der Waals surface area contributed by atoms with E-state index < -0.39 is 5.97 Å². The second kappa shape index (κ2) is 6.42. The maximum Gasteiger partial charge on any atom is 0.338 e. The van der Waals surface area contributed by atoms with E-state index >= 15 is 0 Å². The van der Waals surface area contributed by atoms with Gasteiger partial charge in [0.25, 0.3) is 0 Å². The van der Waals surface area contributed by atoms with Crippen molar-refractivity contribution in [3.05, 3.63) is 23.7 Å². The normalized spacial score (nSPS) is 12.9. The zero-order valence-electron chi connectivity index (χ0n) is 10.6. The van der Waals surface area contributed by atoms with Gasteiger partial charge in [-0.05, 0) is 40.1 Å². The fourth-order valence-electron chi connectivity index (χ4n) is 1.41. The lowest BCUT2D eigenvalue weighted by molar-refractivity contribution is 0.0696. The second-order valence-electron chi connectivity index (χ2n) is 4.48. The van der Waals surface area contributed by atoms with Crippen LogP contribution in [0.4, 0.5) is 0 Å². The lowest BCUT2D eigenvalue weighted by Crippen LogP contribution is -2.29. The number of nitrogens with zero attached hydrogens (tertiary/aromatic N) is 1. The van der Waals surface area contributed by atoms with Crippen molar-refractivity contribution in [2.45, 2.75) is 25.9 Å². The first kappa shape index (κ1) is 13.7. The molecule has 1 heterocycles. The minimum Gasteiger partial charge on any atom is -0.478 e. The second-order valence-corrected chi connectivity index (χ2v) is 4.48. The third-order valence-electron chi connectivity index (χ3n) is 2.53. The Hall–Kier alpha value is -1.33. The Bertz CT molecular complexity index is 360. The lowest BCUT2D eigenvalue weighted by Gasteiger charge is -2.15. The number of hydrogen-bond acceptors (Lipinski definition) is 4. The number of aromatic carboxylic acids is 1. The molecule has 0 aromatic carbocycles. The molecular weight excluding hydrogens is 220 g/mol. The van der Waals surface area contributed by atoms with Crippen molar-refractivity contribution < 1.29 is 14.3 Å². The average Bonchev–Trinajstić information content (AvgIpc) is 2.72. The number of carboxylic acids is 1. The Morgan fingerprint density at radius 3 is 2.82 bits per heavy atom. The van der Waals surface area contributed by atoms with E-state index in [1.54, 1.807) is 6.07 Å². The Labute approximate surface area is 101 Å². The van der Waals surface area contributed by atoms with E-state index in [4.69, 9.17) is 9.52 Å². The molecule has 5 nitrogen and oxygen atoms in total. The van der Waals surface area contributed by atoms with Crippen LogP contribution in [0.25, 0.3) is 0 Å². The Kier molecular flexibility index (Phi) is 5.18. The van der Waals surface area contributed by atoms with Crippen molar-refractivity contribution in [1.82, 2.24) is 10.2 Å². The molecule has 0 aliphatic carbocycles. The molecule has 17 heavy (non-hydrogen) atoms. The zero-order valence-corrected chi connectivity index (χ0v) is 10.6. The van der Waals surface area contributed by atoms with E-state index in [1.807, 2.05) is 14.1 Å². The molecule has 96 valence electrons. The molecular formula is C12H20N2O3. The molecule has 1 unspecified atom stereocenters. The monoisotopic (exact) mass is 240 g/mol. The minimum atomic E-state index is -0.958. The maximum atomic E-state index is 10.6. The molecule has 0 aliphatic rings. The van der Waals surface area contributed by atoms with E-state index in [2.05, 4.69) is 17.1 Å². The van der Waals surface area contributed by atoms with Crippen LogP contribution in [0, 0.1) is 0 Å². The van der Waals surface area contributed by atoms with E-state index in [0.29, 0.717) is 18.3 Å². The molecule has 0 radical (unpaired) electrons. The number of furan rings is 1. The molecule has 0 spiro atoms. The zero-order chi connectivity index (χ0) is 12.8. The van der Waals surface area contributed by atoms with Gasteiger partial charge in [0.05, 0.1) is 12.1 Å². The highest BCUT2D eigenvalue weighted by atomic mass is 16.4. The van der Waals surface area contributed by atoms with Gasteiger partial charge in [0, 0.05) is 6.04 Å². The van der Waals surface area contributed by atoms with Gasteiger partial charge in [-0.1, -0.05) is 0 Å². The molecule has 0 bridgehead atoms. The standard InChI is InChI=1S/C12H20N2O3/c1-9(4-5-14(2)3)13-7-11-6-10(8-17-11)12(15)16/h6,8-9,13H,4-5,7H2,1-3H3,(H,15,16). The summed E-state index contributed by atoms with van der Waals surface area (Å²) >= 11 is 0. The van der Waals surface area contributed by atoms with Gasteiger partial charge in [0.1, 0.15) is 12.0 Å². The van der Waals surface area contributed by atoms with E-state index in [1.165, 1.54) is 6.26 Å². The first-order valence-corrected chi connectivity index (χ1v) is 5.68. The number of carbonyl (C=O) groups is 1. The van der Waals surface area contributed by atoms with Gasteiger partial charge in [0.15, 0.2) is 0 Å². The summed E-state index contributed by atoms with van der Waals surface area (Å²) in [5.74, 6) is -0.306. The van der Waals surface area contributed by atoms with Crippen LogP contribution in [0.2, 0.25) is 0 Å². The summed E-state index contributed by atoms with van der Waals surface area (Å²) < 4.78 is 5.15. The van der Waals surface area contributed by atoms with Crippen molar-refractivity contribution in [2.24, 2.45) is 0 Å². The largest absolute Gasteiger partial charge is 0.478 e. The number of hydrogen-bond donors (Lipinski definition) is 2. The van der Waals surface area contributed by atoms with Gasteiger partial charge in [-0.3, -0.25) is 0 Å². The first-order valence-electron chi connectivity index (χ1n) is 5.68. The van der Waals surface area contributed by atoms with Crippen LogP contribution >= 0.6 is 0 Å². The van der Waals surface area contributed by atoms with Crippen molar-refractivity contribution in [3.63, 3.8) is 0 Å². The lowest BCUT2D eigenvalue weighted by atomic mass is 10.2. The number of carboxylic acid groups (broad SMARTS) is 1. The summed E-state index contributed by atoms with van der Waals surface area (Å²) in [6.07, 6.45) is 2.31. The topological polar surface area (TPSA) is 65.7 Å². The van der Waals surface area contributed by atoms with Crippen molar-refractivity contribution in [2.75, 3.05) is 20.6 Å². The van der Waals surface area contributed by atoms with Crippen molar-refractivity contribution in [3.8, 4) is 0 Å². The minimum absolute atomic E-state index is 0.197.